The molecule has 4 atom stereocenters. The molecule has 8 nitrogen and oxygen atoms in total. The van der Waals surface area contributed by atoms with Crippen LogP contribution in [0, 0.1) is 17.8 Å². The lowest BCUT2D eigenvalue weighted by Gasteiger charge is -2.42. The van der Waals surface area contributed by atoms with E-state index in [0.29, 0.717) is 26.8 Å². The van der Waals surface area contributed by atoms with Crippen molar-refractivity contribution < 1.29 is 34.2 Å². The Bertz CT molecular complexity index is 1320. The van der Waals surface area contributed by atoms with Crippen LogP contribution in [0.25, 0.3) is 0 Å². The van der Waals surface area contributed by atoms with Crippen LogP contribution in [0.15, 0.2) is 57.1 Å². The van der Waals surface area contributed by atoms with Crippen molar-refractivity contribution in [3.8, 4) is 5.75 Å². The summed E-state index contributed by atoms with van der Waals surface area (Å²) in [7, 11) is 0. The number of amides is 2. The Kier molecular flexibility index (Phi) is 5.62. The van der Waals surface area contributed by atoms with Gasteiger partial charge in [0.05, 0.1) is 18.3 Å². The van der Waals surface area contributed by atoms with Gasteiger partial charge >= 0.3 is 5.97 Å². The lowest BCUT2D eigenvalue weighted by Crippen LogP contribution is -2.40. The Morgan fingerprint density at radius 1 is 1.14 bits per heavy atom. The highest BCUT2D eigenvalue weighted by atomic mass is 79.9. The number of likely N-dealkylation sites (tertiary alicyclic amines) is 1. The number of aliphatic carboxylic acids is 1. The number of carboxylic acid groups (broad SMARTS) is 1. The molecule has 0 unspecified atom stereocenters. The van der Waals surface area contributed by atoms with E-state index < -0.39 is 41.5 Å². The van der Waals surface area contributed by atoms with E-state index in [1.807, 2.05) is 6.08 Å². The molecule has 180 valence electrons. The number of imide groups is 1. The molecule has 3 aliphatic carbocycles. The minimum Gasteiger partial charge on any atom is -0.508 e. The summed E-state index contributed by atoms with van der Waals surface area (Å²) < 4.78 is 0.678. The van der Waals surface area contributed by atoms with Crippen LogP contribution in [0.1, 0.15) is 37.7 Å². The molecule has 2 amide bonds. The number of carboxylic acids is 1. The average Bonchev–Trinajstić information content (AvgIpc) is 3.06. The summed E-state index contributed by atoms with van der Waals surface area (Å²) >= 11 is 3.41. The predicted octanol–water partition coefficient (Wildman–Crippen LogP) is 3.06. The van der Waals surface area contributed by atoms with E-state index >= 15 is 0 Å². The van der Waals surface area contributed by atoms with Crippen molar-refractivity contribution in [3.05, 3.63) is 62.7 Å². The highest BCUT2D eigenvalue weighted by Gasteiger charge is 2.56. The van der Waals surface area contributed by atoms with Crippen molar-refractivity contribution in [2.24, 2.45) is 17.8 Å². The van der Waals surface area contributed by atoms with E-state index in [2.05, 4.69) is 15.9 Å². The molecule has 0 bridgehead atoms. The molecule has 0 radical (unpaired) electrons. The lowest BCUT2D eigenvalue weighted by atomic mass is 9.59. The minimum atomic E-state index is -1.11. The normalized spacial score (nSPS) is 27.9. The van der Waals surface area contributed by atoms with Crippen molar-refractivity contribution in [3.63, 3.8) is 0 Å². The quantitative estimate of drug-likeness (QED) is 0.341. The number of aromatic hydroxyl groups is 1. The molecule has 4 aliphatic rings. The van der Waals surface area contributed by atoms with Gasteiger partial charge in [-0.1, -0.05) is 27.6 Å². The van der Waals surface area contributed by atoms with Gasteiger partial charge in [0, 0.05) is 39.2 Å². The third-order valence-corrected chi connectivity index (χ3v) is 8.00. The highest BCUT2D eigenvalue weighted by Crippen LogP contribution is 2.56. The van der Waals surface area contributed by atoms with E-state index in [1.54, 1.807) is 19.1 Å². The maximum absolute atomic E-state index is 13.4. The number of benzene rings is 1. The number of ketones is 2. The summed E-state index contributed by atoms with van der Waals surface area (Å²) in [5.41, 5.74) is 2.10. The topological polar surface area (TPSA) is 129 Å². The van der Waals surface area contributed by atoms with Gasteiger partial charge in [0.2, 0.25) is 11.8 Å². The number of nitrogens with zero attached hydrogens (tertiary/aromatic N) is 1. The zero-order valence-corrected chi connectivity index (χ0v) is 20.4. The molecule has 0 aromatic heterocycles. The molecule has 1 heterocycles. The number of carbonyl (C=O) groups is 5. The number of rotatable bonds is 4. The van der Waals surface area contributed by atoms with Crippen molar-refractivity contribution in [2.75, 3.05) is 6.54 Å². The van der Waals surface area contributed by atoms with Crippen LogP contribution < -0.4 is 0 Å². The second-order valence-electron chi connectivity index (χ2n) is 9.40. The smallest absolute Gasteiger partial charge is 0.305 e. The van der Waals surface area contributed by atoms with E-state index in [0.717, 1.165) is 10.5 Å². The first kappa shape index (κ1) is 23.4. The summed E-state index contributed by atoms with van der Waals surface area (Å²) in [6.45, 7) is 1.38. The van der Waals surface area contributed by atoms with Gasteiger partial charge in [-0.3, -0.25) is 28.9 Å². The van der Waals surface area contributed by atoms with Crippen LogP contribution in [-0.4, -0.2) is 51.0 Å². The summed E-state index contributed by atoms with van der Waals surface area (Å²) in [6.07, 6.45) is 3.21. The molecule has 9 heteroatoms. The van der Waals surface area contributed by atoms with Crippen LogP contribution in [0.2, 0.25) is 0 Å². The van der Waals surface area contributed by atoms with Crippen LogP contribution in [0.3, 0.4) is 0 Å². The van der Waals surface area contributed by atoms with E-state index in [-0.39, 0.29) is 43.1 Å². The summed E-state index contributed by atoms with van der Waals surface area (Å²) in [4.78, 5) is 64.9. The van der Waals surface area contributed by atoms with Crippen molar-refractivity contribution in [1.29, 1.82) is 0 Å². The number of allylic oxidation sites excluding steroid dienone is 6. The number of halogens is 1. The molecular formula is C26H22BrNO7. The number of fused-ring (bicyclic) bond motifs is 3. The Morgan fingerprint density at radius 2 is 1.89 bits per heavy atom. The van der Waals surface area contributed by atoms with Gasteiger partial charge in [-0.2, -0.15) is 0 Å². The molecule has 1 aromatic rings. The molecule has 35 heavy (non-hydrogen) atoms. The summed E-state index contributed by atoms with van der Waals surface area (Å²) in [5.74, 6) is -5.24. The highest BCUT2D eigenvalue weighted by molar-refractivity contribution is 9.10. The second kappa shape index (κ2) is 8.41. The molecule has 1 aliphatic heterocycles. The molecule has 2 N–H and O–H groups in total. The van der Waals surface area contributed by atoms with E-state index in [9.17, 15) is 29.1 Å². The SMILES string of the molecule is CC1=CC(=O)C2=C(C1=O)[C@@H](c1cc(Br)ccc1O)C1=CC[C@@H]3C(=O)N(CCC(=O)O)C(=O)[C@@H]3[C@@H]1C2. The van der Waals surface area contributed by atoms with Gasteiger partial charge in [-0.15, -0.1) is 0 Å². The maximum Gasteiger partial charge on any atom is 0.305 e. The Morgan fingerprint density at radius 3 is 2.60 bits per heavy atom. The zero-order valence-electron chi connectivity index (χ0n) is 18.8. The van der Waals surface area contributed by atoms with Crippen molar-refractivity contribution in [2.45, 2.75) is 32.1 Å². The maximum atomic E-state index is 13.4. The zero-order chi connectivity index (χ0) is 25.2. The third kappa shape index (κ3) is 3.60. The van der Waals surface area contributed by atoms with E-state index in [1.165, 1.54) is 12.1 Å². The fourth-order valence-electron chi connectivity index (χ4n) is 5.97. The van der Waals surface area contributed by atoms with E-state index in [4.69, 9.17) is 5.11 Å². The summed E-state index contributed by atoms with van der Waals surface area (Å²) in [5, 5.41) is 19.8. The van der Waals surface area contributed by atoms with Gasteiger partial charge < -0.3 is 10.2 Å². The van der Waals surface area contributed by atoms with Crippen LogP contribution >= 0.6 is 15.9 Å². The lowest BCUT2D eigenvalue weighted by molar-refractivity contribution is -0.142. The van der Waals surface area contributed by atoms with Crippen LogP contribution in [0.5, 0.6) is 5.75 Å². The Hall–Kier alpha value is -3.33. The first-order valence-corrected chi connectivity index (χ1v) is 12.1. The number of phenolic OH excluding ortho intramolecular Hbond substituents is 1. The average molecular weight is 540 g/mol. The fourth-order valence-corrected chi connectivity index (χ4v) is 6.35. The number of Topliss-reactive ketones (excluding diaryl/α,β-unsaturated/α-hetero) is 1. The molecule has 0 saturated carbocycles. The van der Waals surface area contributed by atoms with Gasteiger partial charge in [0.1, 0.15) is 5.75 Å². The molecule has 1 aromatic carbocycles. The monoisotopic (exact) mass is 539 g/mol. The third-order valence-electron chi connectivity index (χ3n) is 7.51. The molecule has 1 fully saturated rings. The molecule has 0 spiro atoms. The largest absolute Gasteiger partial charge is 0.508 e. The van der Waals surface area contributed by atoms with Gasteiger partial charge in [0.25, 0.3) is 0 Å². The first-order valence-electron chi connectivity index (χ1n) is 11.4. The molecular weight excluding hydrogens is 518 g/mol. The number of carbonyl (C=O) groups excluding carboxylic acids is 4. The van der Waals surface area contributed by atoms with Gasteiger partial charge in [-0.25, -0.2) is 0 Å². The Balaban J connectivity index is 1.65. The number of hydrogen-bond acceptors (Lipinski definition) is 6. The first-order chi connectivity index (χ1) is 16.6. The fraction of sp³-hybridized carbons (Fsp3) is 0.346. The van der Waals surface area contributed by atoms with Crippen LogP contribution in [0.4, 0.5) is 0 Å². The standard InChI is InChI=1S/C26H22BrNO7/c1-11-8-19(30)17-10-15-13(21(23(17)24(11)33)16-9-12(27)2-5-18(16)29)3-4-14-22(15)26(35)28(25(14)34)7-6-20(31)32/h2-3,5,8-9,14-15,21-22,29H,4,6-7,10H2,1H3,(H,31,32)/t14-,15+,21+,22-/m0/s1. The van der Waals surface area contributed by atoms with Gasteiger partial charge in [0.15, 0.2) is 11.6 Å². The van der Waals surface area contributed by atoms with Gasteiger partial charge in [-0.05, 0) is 50.0 Å². The number of phenols is 1. The minimum absolute atomic E-state index is 0.0434. The van der Waals surface area contributed by atoms with Crippen molar-refractivity contribution in [1.82, 2.24) is 4.90 Å². The molecule has 1 saturated heterocycles. The number of hydrogen-bond donors (Lipinski definition) is 2. The Labute approximate surface area is 209 Å². The predicted molar refractivity (Wildman–Crippen MR) is 126 cm³/mol. The van der Waals surface area contributed by atoms with Crippen molar-refractivity contribution >= 4 is 45.3 Å². The van der Waals surface area contributed by atoms with Crippen LogP contribution in [-0.2, 0) is 24.0 Å². The molecule has 5 rings (SSSR count). The summed E-state index contributed by atoms with van der Waals surface area (Å²) in [6, 6.07) is 4.87. The second-order valence-corrected chi connectivity index (χ2v) is 10.3.